The molecule has 1 unspecified atom stereocenters. The van der Waals surface area contributed by atoms with Crippen LogP contribution in [-0.4, -0.2) is 35.6 Å². The van der Waals surface area contributed by atoms with Crippen LogP contribution in [0.1, 0.15) is 33.0 Å². The molecule has 7 heteroatoms. The molecule has 0 radical (unpaired) electrons. The number of imidazole rings is 1. The molecule has 0 fully saturated rings. The summed E-state index contributed by atoms with van der Waals surface area (Å²) < 4.78 is 1.88. The van der Waals surface area contributed by atoms with Crippen molar-refractivity contribution < 1.29 is 0 Å². The number of hydrogen-bond donors (Lipinski definition) is 2. The fourth-order valence-corrected chi connectivity index (χ4v) is 2.51. The first kappa shape index (κ1) is 13.0. The fraction of sp³-hybridized carbons (Fsp3) is 0.538. The van der Waals surface area contributed by atoms with Crippen LogP contribution >= 0.6 is 0 Å². The average molecular weight is 273 g/mol. The molecule has 106 valence electrons. The second kappa shape index (κ2) is 4.52. The highest BCUT2D eigenvalue weighted by atomic mass is 15.3. The maximum absolute atomic E-state index is 6.21. The zero-order valence-electron chi connectivity index (χ0n) is 12.0. The molecule has 0 aromatic carbocycles. The fourth-order valence-electron chi connectivity index (χ4n) is 2.51. The van der Waals surface area contributed by atoms with Crippen molar-refractivity contribution >= 4 is 16.8 Å². The third kappa shape index (κ3) is 2.36. The van der Waals surface area contributed by atoms with Gasteiger partial charge in [0.15, 0.2) is 11.3 Å². The molecule has 20 heavy (non-hydrogen) atoms. The second-order valence-corrected chi connectivity index (χ2v) is 6.38. The molecule has 0 amide bonds. The summed E-state index contributed by atoms with van der Waals surface area (Å²) in [5, 5.41) is 8.45. The molecule has 0 saturated carbocycles. The molecule has 3 aromatic rings. The molecule has 3 heterocycles. The zero-order chi connectivity index (χ0) is 14.3. The number of hydrogen-bond acceptors (Lipinski definition) is 5. The van der Waals surface area contributed by atoms with Crippen LogP contribution in [0.5, 0.6) is 0 Å². The Morgan fingerprint density at radius 2 is 2.10 bits per heavy atom. The highest BCUT2D eigenvalue weighted by Gasteiger charge is 2.19. The number of nitrogens with one attached hydrogen (secondary N) is 1. The summed E-state index contributed by atoms with van der Waals surface area (Å²) in [5.74, 6) is 0.834. The second-order valence-electron chi connectivity index (χ2n) is 6.38. The van der Waals surface area contributed by atoms with Crippen molar-refractivity contribution in [1.82, 2.24) is 29.5 Å². The Bertz CT molecular complexity index is 734. The third-order valence-electron chi connectivity index (χ3n) is 3.22. The minimum atomic E-state index is 0.0554. The van der Waals surface area contributed by atoms with Gasteiger partial charge in [0.05, 0.1) is 6.33 Å². The highest BCUT2D eigenvalue weighted by molar-refractivity contribution is 5.84. The summed E-state index contributed by atoms with van der Waals surface area (Å²) in [6.45, 7) is 6.55. The SMILES string of the molecule is CC(C)(C)CC(N)Cc1nnc2c3[nH]cnc3ncn12. The van der Waals surface area contributed by atoms with Crippen molar-refractivity contribution in [3.8, 4) is 0 Å². The van der Waals surface area contributed by atoms with E-state index >= 15 is 0 Å². The summed E-state index contributed by atoms with van der Waals surface area (Å²) in [6, 6.07) is 0.0554. The molecule has 3 aromatic heterocycles. The molecule has 0 bridgehead atoms. The van der Waals surface area contributed by atoms with E-state index in [-0.39, 0.29) is 11.5 Å². The first-order valence-corrected chi connectivity index (χ1v) is 6.71. The lowest BCUT2D eigenvalue weighted by molar-refractivity contribution is 0.336. The molecular formula is C13H19N7. The zero-order valence-corrected chi connectivity index (χ0v) is 12.0. The van der Waals surface area contributed by atoms with Gasteiger partial charge in [0.2, 0.25) is 0 Å². The van der Waals surface area contributed by atoms with Crippen molar-refractivity contribution in [2.75, 3.05) is 0 Å². The predicted molar refractivity (Wildman–Crippen MR) is 76.2 cm³/mol. The molecule has 0 spiro atoms. The molecular weight excluding hydrogens is 254 g/mol. The van der Waals surface area contributed by atoms with Gasteiger partial charge in [-0.15, -0.1) is 10.2 Å². The smallest absolute Gasteiger partial charge is 0.189 e. The minimum Gasteiger partial charge on any atom is -0.340 e. The molecule has 0 saturated heterocycles. The number of aromatic nitrogens is 6. The van der Waals surface area contributed by atoms with Gasteiger partial charge in [-0.3, -0.25) is 4.40 Å². The van der Waals surface area contributed by atoms with Gasteiger partial charge in [0, 0.05) is 12.5 Å². The van der Waals surface area contributed by atoms with E-state index in [2.05, 4.69) is 45.9 Å². The first-order chi connectivity index (χ1) is 9.44. The quantitative estimate of drug-likeness (QED) is 0.749. The van der Waals surface area contributed by atoms with Crippen LogP contribution in [-0.2, 0) is 6.42 Å². The largest absolute Gasteiger partial charge is 0.340 e. The van der Waals surface area contributed by atoms with Crippen molar-refractivity contribution in [3.63, 3.8) is 0 Å². The minimum absolute atomic E-state index is 0.0554. The lowest BCUT2D eigenvalue weighted by Crippen LogP contribution is -2.29. The number of rotatable bonds is 3. The highest BCUT2D eigenvalue weighted by Crippen LogP contribution is 2.21. The summed E-state index contributed by atoms with van der Waals surface area (Å²) in [7, 11) is 0. The topological polar surface area (TPSA) is 97.8 Å². The van der Waals surface area contributed by atoms with Gasteiger partial charge in [-0.1, -0.05) is 20.8 Å². The maximum atomic E-state index is 6.21. The molecule has 0 aliphatic carbocycles. The van der Waals surface area contributed by atoms with E-state index in [1.165, 1.54) is 0 Å². The van der Waals surface area contributed by atoms with Crippen LogP contribution in [0.15, 0.2) is 12.7 Å². The molecule has 0 aliphatic heterocycles. The lowest BCUT2D eigenvalue weighted by atomic mass is 9.87. The van der Waals surface area contributed by atoms with Crippen LogP contribution in [0.2, 0.25) is 0 Å². The Hall–Kier alpha value is -2.02. The van der Waals surface area contributed by atoms with E-state index < -0.39 is 0 Å². The molecule has 0 aliphatic rings. The first-order valence-electron chi connectivity index (χ1n) is 6.71. The molecule has 3 rings (SSSR count). The van der Waals surface area contributed by atoms with Crippen molar-refractivity contribution in [2.45, 2.75) is 39.7 Å². The van der Waals surface area contributed by atoms with E-state index in [0.717, 1.165) is 23.4 Å². The Kier molecular flexibility index (Phi) is 2.93. The van der Waals surface area contributed by atoms with Crippen LogP contribution in [0.3, 0.4) is 0 Å². The van der Waals surface area contributed by atoms with Crippen molar-refractivity contribution in [1.29, 1.82) is 0 Å². The van der Waals surface area contributed by atoms with Gasteiger partial charge in [-0.05, 0) is 11.8 Å². The molecule has 3 N–H and O–H groups in total. The number of H-pyrrole nitrogens is 1. The summed E-state index contributed by atoms with van der Waals surface area (Å²) in [4.78, 5) is 11.4. The Morgan fingerprint density at radius 1 is 1.30 bits per heavy atom. The van der Waals surface area contributed by atoms with Crippen LogP contribution in [0, 0.1) is 5.41 Å². The summed E-state index contributed by atoms with van der Waals surface area (Å²) in [5.41, 5.74) is 8.61. The van der Waals surface area contributed by atoms with Gasteiger partial charge in [-0.25, -0.2) is 9.97 Å². The standard InChI is InChI=1S/C13H19N7/c1-13(2,3)5-8(14)4-9-18-19-12-10-11(16-6-15-10)17-7-20(9)12/h6-8H,4-5,14H2,1-3H3,(H,15,16). The number of nitrogens with zero attached hydrogens (tertiary/aromatic N) is 5. The number of fused-ring (bicyclic) bond motifs is 3. The van der Waals surface area contributed by atoms with E-state index in [1.807, 2.05) is 4.40 Å². The van der Waals surface area contributed by atoms with Crippen molar-refractivity contribution in [2.24, 2.45) is 11.1 Å². The maximum Gasteiger partial charge on any atom is 0.189 e. The van der Waals surface area contributed by atoms with Crippen LogP contribution in [0.25, 0.3) is 16.8 Å². The van der Waals surface area contributed by atoms with E-state index in [9.17, 15) is 0 Å². The van der Waals surface area contributed by atoms with Gasteiger partial charge < -0.3 is 10.7 Å². The predicted octanol–water partition coefficient (Wildman–Crippen LogP) is 1.31. The average Bonchev–Trinajstić information content (AvgIpc) is 2.91. The van der Waals surface area contributed by atoms with Crippen molar-refractivity contribution in [3.05, 3.63) is 18.5 Å². The Labute approximate surface area is 116 Å². The third-order valence-corrected chi connectivity index (χ3v) is 3.22. The van der Waals surface area contributed by atoms with Crippen LogP contribution < -0.4 is 5.73 Å². The Morgan fingerprint density at radius 3 is 2.85 bits per heavy atom. The van der Waals surface area contributed by atoms with E-state index in [4.69, 9.17) is 5.73 Å². The van der Waals surface area contributed by atoms with E-state index in [0.29, 0.717) is 12.1 Å². The van der Waals surface area contributed by atoms with Gasteiger partial charge in [0.25, 0.3) is 0 Å². The van der Waals surface area contributed by atoms with Crippen LogP contribution in [0.4, 0.5) is 0 Å². The van der Waals surface area contributed by atoms with Gasteiger partial charge in [-0.2, -0.15) is 0 Å². The normalized spacial score (nSPS) is 14.2. The van der Waals surface area contributed by atoms with Gasteiger partial charge >= 0.3 is 0 Å². The molecule has 7 nitrogen and oxygen atoms in total. The summed E-state index contributed by atoms with van der Waals surface area (Å²) in [6.07, 6.45) is 4.93. The number of nitrogens with two attached hydrogens (primary N) is 1. The number of aromatic amines is 1. The monoisotopic (exact) mass is 273 g/mol. The summed E-state index contributed by atoms with van der Waals surface area (Å²) >= 11 is 0. The van der Waals surface area contributed by atoms with E-state index in [1.54, 1.807) is 12.7 Å². The molecule has 1 atom stereocenters. The Balaban J connectivity index is 1.92. The van der Waals surface area contributed by atoms with Gasteiger partial charge in [0.1, 0.15) is 17.7 Å². The lowest BCUT2D eigenvalue weighted by Gasteiger charge is -2.22.